The van der Waals surface area contributed by atoms with E-state index in [9.17, 15) is 10.2 Å². The van der Waals surface area contributed by atoms with Gasteiger partial charge in [-0.3, -0.25) is 0 Å². The molecule has 1 heterocycles. The van der Waals surface area contributed by atoms with Crippen molar-refractivity contribution in [1.82, 2.24) is 0 Å². The number of hydrogen-bond acceptors (Lipinski definition) is 5. The summed E-state index contributed by atoms with van der Waals surface area (Å²) >= 11 is 0. The lowest BCUT2D eigenvalue weighted by atomic mass is 9.60. The fourth-order valence-corrected chi connectivity index (χ4v) is 7.58. The molecule has 3 aliphatic rings. The van der Waals surface area contributed by atoms with Gasteiger partial charge in [-0.05, 0) is 37.3 Å². The number of aliphatic hydroxyl groups is 2. The van der Waals surface area contributed by atoms with Gasteiger partial charge in [0, 0.05) is 17.4 Å². The predicted molar refractivity (Wildman–Crippen MR) is 130 cm³/mol. The first kappa shape index (κ1) is 24.0. The maximum atomic E-state index is 12.5. The molecule has 0 amide bonds. The van der Waals surface area contributed by atoms with Gasteiger partial charge in [-0.2, -0.15) is 0 Å². The highest BCUT2D eigenvalue weighted by Gasteiger charge is 2.86. The zero-order valence-corrected chi connectivity index (χ0v) is 20.6. The molecule has 2 aromatic rings. The monoisotopic (exact) mass is 466 g/mol. The van der Waals surface area contributed by atoms with Gasteiger partial charge in [-0.1, -0.05) is 74.5 Å². The smallest absolute Gasteiger partial charge is 0.0840 e. The summed E-state index contributed by atoms with van der Waals surface area (Å²) in [6.07, 6.45) is 1.18. The number of aliphatic hydroxyl groups excluding tert-OH is 1. The van der Waals surface area contributed by atoms with Crippen LogP contribution in [0.15, 0.2) is 60.7 Å². The van der Waals surface area contributed by atoms with E-state index in [0.29, 0.717) is 45.9 Å². The van der Waals surface area contributed by atoms with Crippen molar-refractivity contribution in [3.8, 4) is 0 Å². The molecule has 0 aromatic heterocycles. The summed E-state index contributed by atoms with van der Waals surface area (Å²) in [6, 6.07) is 20.2. The highest BCUT2D eigenvalue weighted by molar-refractivity contribution is 5.34. The Labute approximate surface area is 203 Å². The van der Waals surface area contributed by atoms with Gasteiger partial charge in [0.05, 0.1) is 49.1 Å². The quantitative estimate of drug-likeness (QED) is 0.600. The fourth-order valence-electron chi connectivity index (χ4n) is 7.58. The van der Waals surface area contributed by atoms with Gasteiger partial charge in [-0.15, -0.1) is 0 Å². The third-order valence-corrected chi connectivity index (χ3v) is 9.82. The summed E-state index contributed by atoms with van der Waals surface area (Å²) in [5, 5.41) is 24.6. The van der Waals surface area contributed by atoms with Crippen LogP contribution in [-0.2, 0) is 27.4 Å². The second-order valence-corrected chi connectivity index (χ2v) is 11.3. The van der Waals surface area contributed by atoms with Crippen molar-refractivity contribution in [1.29, 1.82) is 0 Å². The largest absolute Gasteiger partial charge is 0.392 e. The van der Waals surface area contributed by atoms with Gasteiger partial charge < -0.3 is 24.4 Å². The van der Waals surface area contributed by atoms with Crippen molar-refractivity contribution >= 4 is 0 Å². The van der Waals surface area contributed by atoms with Crippen LogP contribution in [0.1, 0.15) is 51.2 Å². The highest BCUT2D eigenvalue weighted by atomic mass is 16.5. The molecule has 1 saturated heterocycles. The Morgan fingerprint density at radius 3 is 1.97 bits per heavy atom. The molecule has 2 saturated carbocycles. The minimum absolute atomic E-state index is 0.328. The average Bonchev–Trinajstić information content (AvgIpc) is 3.34. The summed E-state index contributed by atoms with van der Waals surface area (Å²) in [5.41, 5.74) is -1.68. The lowest BCUT2D eigenvalue weighted by Crippen LogP contribution is -2.58. The predicted octanol–water partition coefficient (Wildman–Crippen LogP) is 4.50. The Hall–Kier alpha value is -1.76. The van der Waals surface area contributed by atoms with E-state index in [1.807, 2.05) is 60.7 Å². The molecule has 0 unspecified atom stereocenters. The first-order chi connectivity index (χ1) is 16.2. The zero-order chi connectivity index (χ0) is 24.1. The van der Waals surface area contributed by atoms with E-state index >= 15 is 0 Å². The van der Waals surface area contributed by atoms with Crippen LogP contribution >= 0.6 is 0 Å². The van der Waals surface area contributed by atoms with Crippen molar-refractivity contribution in [3.63, 3.8) is 0 Å². The molecule has 5 rings (SSSR count). The topological polar surface area (TPSA) is 68.2 Å². The lowest BCUT2D eigenvalue weighted by molar-refractivity contribution is -0.179. The van der Waals surface area contributed by atoms with E-state index in [0.717, 1.165) is 17.5 Å². The molecule has 1 aliphatic heterocycles. The lowest BCUT2D eigenvalue weighted by Gasteiger charge is -2.49. The molecule has 1 spiro atoms. The summed E-state index contributed by atoms with van der Waals surface area (Å²) < 4.78 is 18.8. The van der Waals surface area contributed by atoms with Crippen LogP contribution in [0.25, 0.3) is 0 Å². The normalized spacial score (nSPS) is 40.9. The van der Waals surface area contributed by atoms with Gasteiger partial charge in [0.2, 0.25) is 0 Å². The van der Waals surface area contributed by atoms with E-state index in [-0.39, 0.29) is 0 Å². The molecular weight excluding hydrogens is 428 g/mol. The van der Waals surface area contributed by atoms with Crippen LogP contribution in [0.3, 0.4) is 0 Å². The summed E-state index contributed by atoms with van der Waals surface area (Å²) in [6.45, 7) is 8.37. The first-order valence-corrected chi connectivity index (χ1v) is 12.5. The summed E-state index contributed by atoms with van der Waals surface area (Å²) in [7, 11) is 0. The van der Waals surface area contributed by atoms with Gasteiger partial charge in [0.25, 0.3) is 0 Å². The average molecular weight is 467 g/mol. The highest BCUT2D eigenvalue weighted by Crippen LogP contribution is 2.77. The van der Waals surface area contributed by atoms with Crippen LogP contribution in [0, 0.1) is 16.2 Å². The molecule has 5 heteroatoms. The van der Waals surface area contributed by atoms with Crippen LogP contribution < -0.4 is 0 Å². The molecule has 2 N–H and O–H groups in total. The minimum Gasteiger partial charge on any atom is -0.392 e. The van der Waals surface area contributed by atoms with Crippen molar-refractivity contribution in [3.05, 3.63) is 71.8 Å². The Kier molecular flexibility index (Phi) is 5.93. The third-order valence-electron chi connectivity index (χ3n) is 9.82. The van der Waals surface area contributed by atoms with E-state index in [2.05, 4.69) is 20.8 Å². The van der Waals surface area contributed by atoms with Crippen molar-refractivity contribution in [2.75, 3.05) is 19.8 Å². The Bertz CT molecular complexity index is 998. The molecule has 0 bridgehead atoms. The number of ether oxygens (including phenoxy) is 3. The van der Waals surface area contributed by atoms with Crippen molar-refractivity contribution in [2.45, 2.75) is 70.6 Å². The van der Waals surface area contributed by atoms with Gasteiger partial charge in [0.1, 0.15) is 0 Å². The SMILES string of the molecule is C[C@]1(COCc2ccccc2)[C@@]2(O)CC[C@]3(C)OCC[C@]23[C@H](O)[C@@]1(C)COCc1ccccc1. The van der Waals surface area contributed by atoms with E-state index in [1.54, 1.807) is 0 Å². The molecule has 3 fully saturated rings. The van der Waals surface area contributed by atoms with Crippen LogP contribution in [-0.4, -0.2) is 47.3 Å². The van der Waals surface area contributed by atoms with Crippen molar-refractivity contribution < 1.29 is 24.4 Å². The molecule has 184 valence electrons. The fraction of sp³-hybridized carbons (Fsp3) is 0.586. The minimum atomic E-state index is -1.12. The third kappa shape index (κ3) is 3.11. The molecule has 0 radical (unpaired) electrons. The standard InChI is InChI=1S/C29H38O5/c1-25(20-32-18-22-10-6-4-7-11-22)24(30)28-16-17-34-27(28,3)14-15-29(28,31)26(25,2)21-33-19-23-12-8-5-9-13-23/h4-13,24,30-31H,14-21H2,1-3H3/t24-,25-,26-,27+,28-,29+/m1/s1. The Morgan fingerprint density at radius 1 is 0.824 bits per heavy atom. The second-order valence-electron chi connectivity index (χ2n) is 11.3. The number of hydrogen-bond donors (Lipinski definition) is 2. The first-order valence-electron chi connectivity index (χ1n) is 12.5. The zero-order valence-electron chi connectivity index (χ0n) is 20.6. The van der Waals surface area contributed by atoms with E-state index in [4.69, 9.17) is 14.2 Å². The molecule has 2 aromatic carbocycles. The number of rotatable bonds is 8. The molecule has 2 aliphatic carbocycles. The summed E-state index contributed by atoms with van der Waals surface area (Å²) in [4.78, 5) is 0. The molecule has 34 heavy (non-hydrogen) atoms. The van der Waals surface area contributed by atoms with Crippen LogP contribution in [0.5, 0.6) is 0 Å². The van der Waals surface area contributed by atoms with Crippen LogP contribution in [0.4, 0.5) is 0 Å². The molecule has 5 nitrogen and oxygen atoms in total. The second kappa shape index (κ2) is 8.42. The maximum absolute atomic E-state index is 12.5. The van der Waals surface area contributed by atoms with Gasteiger partial charge in [-0.25, -0.2) is 0 Å². The molecule has 6 atom stereocenters. The van der Waals surface area contributed by atoms with E-state index in [1.165, 1.54) is 0 Å². The maximum Gasteiger partial charge on any atom is 0.0840 e. The number of benzene rings is 2. The molecular formula is C29H38O5. The van der Waals surface area contributed by atoms with Crippen molar-refractivity contribution in [2.24, 2.45) is 16.2 Å². The van der Waals surface area contributed by atoms with E-state index < -0.39 is 33.6 Å². The Morgan fingerprint density at radius 2 is 1.38 bits per heavy atom. The summed E-state index contributed by atoms with van der Waals surface area (Å²) in [5.74, 6) is 0. The Balaban J connectivity index is 1.45. The van der Waals surface area contributed by atoms with Gasteiger partial charge in [0.15, 0.2) is 0 Å². The van der Waals surface area contributed by atoms with Gasteiger partial charge >= 0.3 is 0 Å². The van der Waals surface area contributed by atoms with Crippen LogP contribution in [0.2, 0.25) is 0 Å².